The number of rotatable bonds is 2. The fraction of sp³-hybridized carbons (Fsp3) is 0. The molecule has 0 aliphatic rings. The van der Waals surface area contributed by atoms with E-state index in [0.29, 0.717) is 0 Å². The molecular formula is C15H11NO2. The van der Waals surface area contributed by atoms with Gasteiger partial charge in [-0.3, -0.25) is 0 Å². The van der Waals surface area contributed by atoms with E-state index >= 15 is 0 Å². The summed E-state index contributed by atoms with van der Waals surface area (Å²) in [5.41, 5.74) is 8.17. The second-order valence-corrected chi connectivity index (χ2v) is 3.70. The molecule has 3 nitrogen and oxygen atoms in total. The Morgan fingerprint density at radius 1 is 1.06 bits per heavy atom. The van der Waals surface area contributed by atoms with Gasteiger partial charge in [-0.05, 0) is 35.2 Å². The molecule has 0 atom stereocenters. The second-order valence-electron chi connectivity index (χ2n) is 3.70. The molecule has 0 bridgehead atoms. The molecule has 2 aromatic carbocycles. The van der Waals surface area contributed by atoms with Gasteiger partial charge in [0.15, 0.2) is 0 Å². The van der Waals surface area contributed by atoms with Gasteiger partial charge in [0, 0.05) is 11.6 Å². The largest absolute Gasteiger partial charge is 0.478 e. The summed E-state index contributed by atoms with van der Waals surface area (Å²) in [6, 6.07) is 16.6. The highest BCUT2D eigenvalue weighted by Crippen LogP contribution is 2.23. The van der Waals surface area contributed by atoms with Gasteiger partial charge in [0.1, 0.15) is 0 Å². The van der Waals surface area contributed by atoms with E-state index in [0.717, 1.165) is 16.7 Å². The number of carboxylic acid groups (broad SMARTS) is 1. The minimum absolute atomic E-state index is 0.265. The van der Waals surface area contributed by atoms with E-state index in [1.165, 1.54) is 0 Å². The van der Waals surface area contributed by atoms with Gasteiger partial charge in [-0.25, -0.2) is 4.79 Å². The zero-order valence-corrected chi connectivity index (χ0v) is 9.55. The molecule has 3 N–H and O–H groups in total. The summed E-state index contributed by atoms with van der Waals surface area (Å²) in [6.45, 7) is 0. The molecule has 2 rings (SSSR count). The van der Waals surface area contributed by atoms with Crippen molar-refractivity contribution in [3.8, 4) is 23.1 Å². The summed E-state index contributed by atoms with van der Waals surface area (Å²) in [4.78, 5) is 10.8. The molecule has 0 aliphatic heterocycles. The number of aromatic carboxylic acids is 1. The molecule has 0 saturated heterocycles. The first-order valence-corrected chi connectivity index (χ1v) is 5.37. The van der Waals surface area contributed by atoms with Gasteiger partial charge >= 0.3 is 5.97 Å². The Morgan fingerprint density at radius 2 is 1.72 bits per heavy atom. The van der Waals surface area contributed by atoms with Crippen molar-refractivity contribution in [1.29, 1.82) is 0 Å². The molecule has 0 amide bonds. The third kappa shape index (κ3) is 2.33. The molecule has 0 saturated carbocycles. The van der Waals surface area contributed by atoms with Crippen molar-refractivity contribution in [3.63, 3.8) is 0 Å². The van der Waals surface area contributed by atoms with Crippen LogP contribution >= 0.6 is 0 Å². The molecule has 0 heterocycles. The Kier molecular flexibility index (Phi) is 3.31. The van der Waals surface area contributed by atoms with Crippen LogP contribution in [-0.2, 0) is 0 Å². The van der Waals surface area contributed by atoms with Gasteiger partial charge in [-0.2, -0.15) is 0 Å². The third-order valence-electron chi connectivity index (χ3n) is 2.58. The topological polar surface area (TPSA) is 63.3 Å². The van der Waals surface area contributed by atoms with E-state index in [1.54, 1.807) is 24.3 Å². The van der Waals surface area contributed by atoms with Gasteiger partial charge in [-0.15, -0.1) is 0 Å². The zero-order chi connectivity index (χ0) is 13.0. The maximum atomic E-state index is 10.8. The number of carbonyl (C=O) groups is 1. The van der Waals surface area contributed by atoms with E-state index < -0.39 is 5.97 Å². The molecule has 0 aromatic heterocycles. The smallest absolute Gasteiger partial charge is 0.335 e. The maximum Gasteiger partial charge on any atom is 0.335 e. The first-order chi connectivity index (χ1) is 8.72. The van der Waals surface area contributed by atoms with Gasteiger partial charge < -0.3 is 10.8 Å². The summed E-state index contributed by atoms with van der Waals surface area (Å²) in [6.07, 6.45) is 0. The van der Waals surface area contributed by atoms with Crippen molar-refractivity contribution in [2.24, 2.45) is 5.73 Å². The molecule has 3 heteroatoms. The minimum Gasteiger partial charge on any atom is -0.478 e. The predicted molar refractivity (Wildman–Crippen MR) is 69.9 cm³/mol. The van der Waals surface area contributed by atoms with Crippen LogP contribution in [0.5, 0.6) is 0 Å². The van der Waals surface area contributed by atoms with E-state index in [1.807, 2.05) is 24.3 Å². The Hall–Kier alpha value is -2.73. The summed E-state index contributed by atoms with van der Waals surface area (Å²) in [5.74, 6) is 1.89. The lowest BCUT2D eigenvalue weighted by Crippen LogP contribution is -1.95. The Morgan fingerprint density at radius 3 is 2.33 bits per heavy atom. The van der Waals surface area contributed by atoms with Crippen LogP contribution in [0.1, 0.15) is 15.9 Å². The summed E-state index contributed by atoms with van der Waals surface area (Å²) >= 11 is 0. The molecule has 88 valence electrons. The molecular weight excluding hydrogens is 226 g/mol. The maximum absolute atomic E-state index is 10.8. The summed E-state index contributed by atoms with van der Waals surface area (Å²) in [5, 5.41) is 8.85. The van der Waals surface area contributed by atoms with Crippen LogP contribution in [0.25, 0.3) is 11.1 Å². The lowest BCUT2D eigenvalue weighted by atomic mass is 9.99. The quantitative estimate of drug-likeness (QED) is 0.622. The van der Waals surface area contributed by atoms with Crippen LogP contribution in [-0.4, -0.2) is 11.1 Å². The van der Waals surface area contributed by atoms with Crippen LogP contribution in [0.15, 0.2) is 48.5 Å². The SMILES string of the molecule is NC#Cc1ccccc1-c1ccc(C(=O)O)cc1. The Labute approximate surface area is 105 Å². The summed E-state index contributed by atoms with van der Waals surface area (Å²) in [7, 11) is 0. The second kappa shape index (κ2) is 5.07. The van der Waals surface area contributed by atoms with Gasteiger partial charge in [0.05, 0.1) is 5.56 Å². The molecule has 18 heavy (non-hydrogen) atoms. The van der Waals surface area contributed by atoms with Crippen LogP contribution in [0.4, 0.5) is 0 Å². The van der Waals surface area contributed by atoms with Crippen molar-refractivity contribution < 1.29 is 9.90 Å². The normalized spacial score (nSPS) is 9.33. The third-order valence-corrected chi connectivity index (χ3v) is 2.58. The minimum atomic E-state index is -0.934. The van der Waals surface area contributed by atoms with Gasteiger partial charge in [0.25, 0.3) is 0 Å². The van der Waals surface area contributed by atoms with Crippen LogP contribution in [0, 0.1) is 12.0 Å². The van der Waals surface area contributed by atoms with Crippen LogP contribution < -0.4 is 5.73 Å². The highest BCUT2D eigenvalue weighted by Gasteiger charge is 2.05. The standard InChI is InChI=1S/C15H11NO2/c16-10-9-11-3-1-2-4-14(11)12-5-7-13(8-6-12)15(17)18/h1-8H,16H2,(H,17,18). The lowest BCUT2D eigenvalue weighted by molar-refractivity contribution is 0.0697. The Bertz CT molecular complexity index is 634. The number of nitrogens with two attached hydrogens (primary N) is 1. The van der Waals surface area contributed by atoms with E-state index in [4.69, 9.17) is 10.8 Å². The van der Waals surface area contributed by atoms with Crippen molar-refractivity contribution in [2.75, 3.05) is 0 Å². The Balaban J connectivity index is 2.48. The van der Waals surface area contributed by atoms with Crippen molar-refractivity contribution in [3.05, 3.63) is 59.7 Å². The fourth-order valence-corrected chi connectivity index (χ4v) is 1.71. The van der Waals surface area contributed by atoms with Gasteiger partial charge in [-0.1, -0.05) is 30.3 Å². The van der Waals surface area contributed by atoms with Crippen molar-refractivity contribution in [1.82, 2.24) is 0 Å². The molecule has 0 radical (unpaired) electrons. The lowest BCUT2D eigenvalue weighted by Gasteiger charge is -2.05. The molecule has 0 fully saturated rings. The monoisotopic (exact) mass is 237 g/mol. The first-order valence-electron chi connectivity index (χ1n) is 5.37. The van der Waals surface area contributed by atoms with Crippen LogP contribution in [0.2, 0.25) is 0 Å². The molecule has 0 unspecified atom stereocenters. The number of hydrogen-bond acceptors (Lipinski definition) is 2. The number of carboxylic acids is 1. The number of benzene rings is 2. The zero-order valence-electron chi connectivity index (χ0n) is 9.55. The highest BCUT2D eigenvalue weighted by atomic mass is 16.4. The van der Waals surface area contributed by atoms with Crippen molar-refractivity contribution in [2.45, 2.75) is 0 Å². The average molecular weight is 237 g/mol. The molecule has 0 aliphatic carbocycles. The summed E-state index contributed by atoms with van der Waals surface area (Å²) < 4.78 is 0. The van der Waals surface area contributed by atoms with E-state index in [9.17, 15) is 4.79 Å². The molecule has 2 aromatic rings. The fourth-order valence-electron chi connectivity index (χ4n) is 1.71. The average Bonchev–Trinajstić information content (AvgIpc) is 2.40. The highest BCUT2D eigenvalue weighted by molar-refractivity contribution is 5.88. The predicted octanol–water partition coefficient (Wildman–Crippen LogP) is 2.32. The molecule has 0 spiro atoms. The van der Waals surface area contributed by atoms with Crippen molar-refractivity contribution >= 4 is 5.97 Å². The number of hydrogen-bond donors (Lipinski definition) is 2. The van der Waals surface area contributed by atoms with Crippen LogP contribution in [0.3, 0.4) is 0 Å². The van der Waals surface area contributed by atoms with Gasteiger partial charge in [0.2, 0.25) is 0 Å². The first kappa shape index (κ1) is 11.7. The van der Waals surface area contributed by atoms with E-state index in [2.05, 4.69) is 12.0 Å². The van der Waals surface area contributed by atoms with E-state index in [-0.39, 0.29) is 5.56 Å².